The molecule has 286 valence electrons. The molecular weight excluding hydrogens is 741 g/mol. The van der Waals surface area contributed by atoms with Crippen LogP contribution in [0.4, 0.5) is 0 Å². The first-order valence-corrected chi connectivity index (χ1v) is 20.6. The van der Waals surface area contributed by atoms with Gasteiger partial charge in [-0.2, -0.15) is 5.10 Å². The topological polar surface area (TPSA) is 43.1 Å². The predicted molar refractivity (Wildman–Crippen MR) is 252 cm³/mol. The molecule has 61 heavy (non-hydrogen) atoms. The number of hydrogen-bond donors (Lipinski definition) is 0. The summed E-state index contributed by atoms with van der Waals surface area (Å²) in [6.45, 7) is 0. The normalized spacial score (nSPS) is 11.3. The molecule has 0 unspecified atom stereocenters. The molecular formula is C57H38N4. The first-order chi connectivity index (χ1) is 30.3. The molecule has 0 saturated carbocycles. The smallest absolute Gasteiger partial charge is 0.160 e. The van der Waals surface area contributed by atoms with Crippen LogP contribution in [0.15, 0.2) is 231 Å². The number of fused-ring (bicyclic) bond motifs is 3. The van der Waals surface area contributed by atoms with E-state index in [0.29, 0.717) is 5.82 Å². The van der Waals surface area contributed by atoms with Crippen LogP contribution in [0.2, 0.25) is 0 Å². The highest BCUT2D eigenvalue weighted by molar-refractivity contribution is 6.14. The van der Waals surface area contributed by atoms with Crippen molar-refractivity contribution in [2.24, 2.45) is 0 Å². The SMILES string of the molecule is c1ccc(-c2cc(-c3ccccc3)nc(-c3cccc(-c4ccc(-c5c(-c6ccccc6)n6nc(-c7ccccc7)c(-c7ccccc7)c6c6ccccc56)cc4)c3)n2)cc1. The van der Waals surface area contributed by atoms with Crippen molar-refractivity contribution in [3.05, 3.63) is 231 Å². The average Bonchev–Trinajstić information content (AvgIpc) is 3.76. The largest absolute Gasteiger partial charge is 0.231 e. The highest BCUT2D eigenvalue weighted by Crippen LogP contribution is 2.46. The van der Waals surface area contributed by atoms with Gasteiger partial charge in [-0.15, -0.1) is 0 Å². The molecule has 0 atom stereocenters. The lowest BCUT2D eigenvalue weighted by molar-refractivity contribution is 0.981. The number of pyridine rings is 1. The number of aromatic nitrogens is 4. The molecule has 0 amide bonds. The lowest BCUT2D eigenvalue weighted by Gasteiger charge is -2.18. The maximum Gasteiger partial charge on any atom is 0.160 e. The Morgan fingerprint density at radius 3 is 1.33 bits per heavy atom. The van der Waals surface area contributed by atoms with E-state index in [1.807, 2.05) is 36.4 Å². The molecule has 0 aliphatic rings. The Bertz CT molecular complexity index is 3250. The van der Waals surface area contributed by atoms with Crippen LogP contribution in [0.3, 0.4) is 0 Å². The molecule has 0 aliphatic carbocycles. The molecule has 3 heterocycles. The van der Waals surface area contributed by atoms with E-state index in [2.05, 4.69) is 199 Å². The van der Waals surface area contributed by atoms with Crippen LogP contribution < -0.4 is 0 Å². The molecule has 3 aromatic heterocycles. The summed E-state index contributed by atoms with van der Waals surface area (Å²) in [6.07, 6.45) is 0. The lowest BCUT2D eigenvalue weighted by atomic mass is 9.90. The van der Waals surface area contributed by atoms with Crippen LogP contribution in [-0.4, -0.2) is 19.6 Å². The van der Waals surface area contributed by atoms with Gasteiger partial charge in [-0.3, -0.25) is 0 Å². The third kappa shape index (κ3) is 6.67. The van der Waals surface area contributed by atoms with E-state index in [1.165, 1.54) is 5.39 Å². The second kappa shape index (κ2) is 15.5. The van der Waals surface area contributed by atoms with Crippen LogP contribution in [0.1, 0.15) is 0 Å². The third-order valence-electron chi connectivity index (χ3n) is 11.4. The minimum absolute atomic E-state index is 0.690. The van der Waals surface area contributed by atoms with Crippen molar-refractivity contribution < 1.29 is 0 Å². The van der Waals surface area contributed by atoms with E-state index in [0.717, 1.165) is 94.9 Å². The quantitative estimate of drug-likeness (QED) is 0.154. The van der Waals surface area contributed by atoms with Gasteiger partial charge in [-0.25, -0.2) is 14.5 Å². The molecule has 11 rings (SSSR count). The van der Waals surface area contributed by atoms with Gasteiger partial charge in [0.15, 0.2) is 5.82 Å². The van der Waals surface area contributed by atoms with Crippen molar-refractivity contribution >= 4 is 16.3 Å². The zero-order chi connectivity index (χ0) is 40.5. The zero-order valence-electron chi connectivity index (χ0n) is 33.2. The summed E-state index contributed by atoms with van der Waals surface area (Å²) in [5, 5.41) is 7.85. The van der Waals surface area contributed by atoms with Crippen molar-refractivity contribution in [2.75, 3.05) is 0 Å². The van der Waals surface area contributed by atoms with Crippen molar-refractivity contribution in [2.45, 2.75) is 0 Å². The molecule has 0 fully saturated rings. The Hall–Kier alpha value is -8.21. The van der Waals surface area contributed by atoms with Gasteiger partial charge in [-0.1, -0.05) is 218 Å². The minimum atomic E-state index is 0.690. The minimum Gasteiger partial charge on any atom is -0.231 e. The van der Waals surface area contributed by atoms with Crippen LogP contribution in [0.5, 0.6) is 0 Å². The van der Waals surface area contributed by atoms with Gasteiger partial charge in [0.2, 0.25) is 0 Å². The Kier molecular flexibility index (Phi) is 9.14. The van der Waals surface area contributed by atoms with Crippen molar-refractivity contribution in [3.63, 3.8) is 0 Å². The van der Waals surface area contributed by atoms with Gasteiger partial charge in [0.05, 0.1) is 22.6 Å². The third-order valence-corrected chi connectivity index (χ3v) is 11.4. The summed E-state index contributed by atoms with van der Waals surface area (Å²) >= 11 is 0. The van der Waals surface area contributed by atoms with Crippen molar-refractivity contribution in [1.82, 2.24) is 19.6 Å². The summed E-state index contributed by atoms with van der Waals surface area (Å²) in [4.78, 5) is 10.2. The molecule has 8 aromatic carbocycles. The second-order valence-corrected chi connectivity index (χ2v) is 15.2. The average molecular weight is 779 g/mol. The molecule has 0 saturated heterocycles. The lowest BCUT2D eigenvalue weighted by Crippen LogP contribution is -2.00. The van der Waals surface area contributed by atoms with Crippen LogP contribution in [0, 0.1) is 0 Å². The summed E-state index contributed by atoms with van der Waals surface area (Å²) in [5.74, 6) is 0.690. The van der Waals surface area contributed by atoms with E-state index in [4.69, 9.17) is 15.1 Å². The Morgan fingerprint density at radius 1 is 0.295 bits per heavy atom. The van der Waals surface area contributed by atoms with Crippen LogP contribution in [-0.2, 0) is 0 Å². The first-order valence-electron chi connectivity index (χ1n) is 20.6. The highest BCUT2D eigenvalue weighted by Gasteiger charge is 2.25. The molecule has 4 nitrogen and oxygen atoms in total. The molecule has 0 radical (unpaired) electrons. The zero-order valence-corrected chi connectivity index (χ0v) is 33.2. The molecule has 4 heteroatoms. The van der Waals surface area contributed by atoms with E-state index in [9.17, 15) is 0 Å². The Balaban J connectivity index is 1.07. The first kappa shape index (κ1) is 35.9. The van der Waals surface area contributed by atoms with Crippen LogP contribution in [0.25, 0.3) is 106 Å². The van der Waals surface area contributed by atoms with Gasteiger partial charge in [0, 0.05) is 44.3 Å². The fourth-order valence-corrected chi connectivity index (χ4v) is 8.56. The summed E-state index contributed by atoms with van der Waals surface area (Å²) in [5.41, 5.74) is 16.8. The highest BCUT2D eigenvalue weighted by atomic mass is 15.2. The van der Waals surface area contributed by atoms with E-state index in [1.54, 1.807) is 0 Å². The second-order valence-electron chi connectivity index (χ2n) is 15.2. The standard InChI is InChI=1S/C57H38N4/c1-6-19-40(20-7-1)50-38-51(41-21-8-2-9-22-41)59-57(58-50)47-30-18-29-46(37-47)39-33-35-43(36-34-39)52-48-31-16-17-32-49(48)56-53(42-23-10-3-11-24-42)54(44-25-12-4-13-26-44)60-61(56)55(52)45-27-14-5-15-28-45/h1-38H. The number of hydrogen-bond acceptors (Lipinski definition) is 3. The maximum absolute atomic E-state index is 5.53. The summed E-state index contributed by atoms with van der Waals surface area (Å²) < 4.78 is 2.20. The maximum atomic E-state index is 5.53. The number of benzene rings is 8. The summed E-state index contributed by atoms with van der Waals surface area (Å²) in [6, 6.07) is 80.9. The van der Waals surface area contributed by atoms with Gasteiger partial charge >= 0.3 is 0 Å². The van der Waals surface area contributed by atoms with Crippen LogP contribution >= 0.6 is 0 Å². The fourth-order valence-electron chi connectivity index (χ4n) is 8.56. The molecule has 0 aliphatic heterocycles. The molecule has 0 bridgehead atoms. The van der Waals surface area contributed by atoms with Gasteiger partial charge in [-0.05, 0) is 39.8 Å². The summed E-state index contributed by atoms with van der Waals surface area (Å²) in [7, 11) is 0. The van der Waals surface area contributed by atoms with E-state index in [-0.39, 0.29) is 0 Å². The van der Waals surface area contributed by atoms with Gasteiger partial charge in [0.1, 0.15) is 5.69 Å². The molecule has 0 spiro atoms. The monoisotopic (exact) mass is 778 g/mol. The Labute approximate surface area is 354 Å². The van der Waals surface area contributed by atoms with E-state index < -0.39 is 0 Å². The van der Waals surface area contributed by atoms with Crippen molar-refractivity contribution in [1.29, 1.82) is 0 Å². The Morgan fingerprint density at radius 2 is 0.738 bits per heavy atom. The molecule has 0 N–H and O–H groups in total. The van der Waals surface area contributed by atoms with E-state index >= 15 is 0 Å². The van der Waals surface area contributed by atoms with Crippen molar-refractivity contribution in [3.8, 4) is 89.8 Å². The number of rotatable bonds is 8. The number of nitrogens with zero attached hydrogens (tertiary/aromatic N) is 4. The van der Waals surface area contributed by atoms with Gasteiger partial charge < -0.3 is 0 Å². The van der Waals surface area contributed by atoms with Gasteiger partial charge in [0.25, 0.3) is 0 Å². The fraction of sp³-hybridized carbons (Fsp3) is 0. The predicted octanol–water partition coefficient (Wildman–Crippen LogP) is 14.6. The molecule has 11 aromatic rings.